The van der Waals surface area contributed by atoms with Crippen LogP contribution < -0.4 is 10.6 Å². The maximum atomic E-state index is 12.8. The van der Waals surface area contributed by atoms with Crippen molar-refractivity contribution >= 4 is 28.2 Å². The van der Waals surface area contributed by atoms with E-state index in [0.29, 0.717) is 12.1 Å². The minimum Gasteiger partial charge on any atom is -0.351 e. The molecule has 0 saturated carbocycles. The number of fused-ring (bicyclic) bond motifs is 1. The number of carbonyl (C=O) groups is 2. The molecule has 2 N–H and O–H groups in total. The summed E-state index contributed by atoms with van der Waals surface area (Å²) in [6.07, 6.45) is 5.86. The van der Waals surface area contributed by atoms with Crippen molar-refractivity contribution in [2.75, 3.05) is 32.5 Å². The second-order valence-corrected chi connectivity index (χ2v) is 8.08. The standard InChI is InChI=1S/C19H31N3O2S/c1-5-13(6-2)17(23)21-19-16(18(24)20-11-12-22(3)4)14-9-7-8-10-15(14)25-19/h13H,5-12H2,1-4H3,(H,20,24)(H,21,23). The maximum absolute atomic E-state index is 12.8. The Bertz CT molecular complexity index is 606. The summed E-state index contributed by atoms with van der Waals surface area (Å²) in [5, 5.41) is 6.81. The number of anilines is 1. The Kier molecular flexibility index (Phi) is 7.44. The summed E-state index contributed by atoms with van der Waals surface area (Å²) in [5.74, 6) is -0.0178. The van der Waals surface area contributed by atoms with Gasteiger partial charge in [-0.3, -0.25) is 9.59 Å². The fourth-order valence-corrected chi connectivity index (χ4v) is 4.54. The molecule has 2 rings (SSSR count). The van der Waals surface area contributed by atoms with E-state index in [1.165, 1.54) is 4.88 Å². The van der Waals surface area contributed by atoms with Crippen molar-refractivity contribution in [3.05, 3.63) is 16.0 Å². The Morgan fingerprint density at radius 1 is 1.16 bits per heavy atom. The Hall–Kier alpha value is -1.40. The molecule has 0 spiro atoms. The third kappa shape index (κ3) is 5.05. The fraction of sp³-hybridized carbons (Fsp3) is 0.684. The lowest BCUT2D eigenvalue weighted by Crippen LogP contribution is -2.32. The van der Waals surface area contributed by atoms with Crippen LogP contribution in [0.5, 0.6) is 0 Å². The maximum Gasteiger partial charge on any atom is 0.254 e. The highest BCUT2D eigenvalue weighted by atomic mass is 32.1. The smallest absolute Gasteiger partial charge is 0.254 e. The topological polar surface area (TPSA) is 61.4 Å². The van der Waals surface area contributed by atoms with Gasteiger partial charge in [0.25, 0.3) is 5.91 Å². The lowest BCUT2D eigenvalue weighted by molar-refractivity contribution is -0.120. The number of hydrogen-bond donors (Lipinski definition) is 2. The van der Waals surface area contributed by atoms with Gasteiger partial charge >= 0.3 is 0 Å². The number of amides is 2. The number of carbonyl (C=O) groups excluding carboxylic acids is 2. The lowest BCUT2D eigenvalue weighted by Gasteiger charge is -2.15. The van der Waals surface area contributed by atoms with E-state index < -0.39 is 0 Å². The van der Waals surface area contributed by atoms with Crippen LogP contribution in [-0.4, -0.2) is 43.9 Å². The van der Waals surface area contributed by atoms with Crippen molar-refractivity contribution in [3.63, 3.8) is 0 Å². The molecule has 140 valence electrons. The predicted octanol–water partition coefficient (Wildman–Crippen LogP) is 3.29. The molecule has 0 bridgehead atoms. The molecule has 1 aliphatic carbocycles. The van der Waals surface area contributed by atoms with Gasteiger partial charge in [0.05, 0.1) is 5.56 Å². The van der Waals surface area contributed by atoms with Crippen LogP contribution in [0.2, 0.25) is 0 Å². The average molecular weight is 366 g/mol. The number of hydrogen-bond acceptors (Lipinski definition) is 4. The van der Waals surface area contributed by atoms with Gasteiger partial charge in [0.15, 0.2) is 0 Å². The van der Waals surface area contributed by atoms with Crippen molar-refractivity contribution < 1.29 is 9.59 Å². The zero-order chi connectivity index (χ0) is 18.4. The minimum atomic E-state index is -0.0545. The van der Waals surface area contributed by atoms with Crippen LogP contribution in [0.3, 0.4) is 0 Å². The summed E-state index contributed by atoms with van der Waals surface area (Å²) in [6.45, 7) is 5.47. The largest absolute Gasteiger partial charge is 0.351 e. The lowest BCUT2D eigenvalue weighted by atomic mass is 9.95. The van der Waals surface area contributed by atoms with Crippen LogP contribution in [0.1, 0.15) is 60.3 Å². The van der Waals surface area contributed by atoms with E-state index in [1.807, 2.05) is 32.8 Å². The molecule has 1 heterocycles. The zero-order valence-electron chi connectivity index (χ0n) is 15.9. The summed E-state index contributed by atoms with van der Waals surface area (Å²) in [5.41, 5.74) is 1.86. The third-order valence-electron chi connectivity index (χ3n) is 4.84. The first-order valence-corrected chi connectivity index (χ1v) is 10.2. The molecular weight excluding hydrogens is 334 g/mol. The Balaban J connectivity index is 2.22. The van der Waals surface area contributed by atoms with E-state index in [2.05, 4.69) is 10.6 Å². The first-order chi connectivity index (χ1) is 12.0. The summed E-state index contributed by atoms with van der Waals surface area (Å²) in [4.78, 5) is 28.6. The van der Waals surface area contributed by atoms with Crippen LogP contribution in [0.4, 0.5) is 5.00 Å². The Labute approximate surface area is 155 Å². The van der Waals surface area contributed by atoms with Crippen LogP contribution in [0, 0.1) is 5.92 Å². The molecule has 0 unspecified atom stereocenters. The molecule has 1 aliphatic rings. The monoisotopic (exact) mass is 365 g/mol. The van der Waals surface area contributed by atoms with E-state index in [0.717, 1.165) is 55.6 Å². The molecule has 0 aromatic carbocycles. The second-order valence-electron chi connectivity index (χ2n) is 6.98. The van der Waals surface area contributed by atoms with Crippen LogP contribution in [0.15, 0.2) is 0 Å². The molecule has 1 aromatic heterocycles. The van der Waals surface area contributed by atoms with E-state index >= 15 is 0 Å². The number of likely N-dealkylation sites (N-methyl/N-ethyl adjacent to an activating group) is 1. The van der Waals surface area contributed by atoms with Crippen LogP contribution in [0.25, 0.3) is 0 Å². The minimum absolute atomic E-state index is 0.00350. The zero-order valence-corrected chi connectivity index (χ0v) is 16.7. The predicted molar refractivity (Wildman–Crippen MR) is 105 cm³/mol. The Morgan fingerprint density at radius 2 is 1.84 bits per heavy atom. The fourth-order valence-electron chi connectivity index (χ4n) is 3.25. The van der Waals surface area contributed by atoms with Gasteiger partial charge in [-0.05, 0) is 58.2 Å². The van der Waals surface area contributed by atoms with E-state index in [4.69, 9.17) is 0 Å². The van der Waals surface area contributed by atoms with Gasteiger partial charge in [-0.1, -0.05) is 13.8 Å². The van der Waals surface area contributed by atoms with Gasteiger partial charge in [-0.15, -0.1) is 11.3 Å². The van der Waals surface area contributed by atoms with Crippen LogP contribution in [-0.2, 0) is 17.6 Å². The normalized spacial score (nSPS) is 13.8. The van der Waals surface area contributed by atoms with Gasteiger partial charge in [-0.25, -0.2) is 0 Å². The highest BCUT2D eigenvalue weighted by Crippen LogP contribution is 2.38. The first-order valence-electron chi connectivity index (χ1n) is 9.36. The molecule has 0 fully saturated rings. The van der Waals surface area contributed by atoms with Crippen molar-refractivity contribution in [2.45, 2.75) is 52.4 Å². The van der Waals surface area contributed by atoms with Gasteiger partial charge in [0, 0.05) is 23.9 Å². The molecule has 2 amide bonds. The molecule has 5 nitrogen and oxygen atoms in total. The SMILES string of the molecule is CCC(CC)C(=O)Nc1sc2c(c1C(=O)NCCN(C)C)CCCC2. The third-order valence-corrected chi connectivity index (χ3v) is 6.04. The van der Waals surface area contributed by atoms with Gasteiger partial charge in [0.2, 0.25) is 5.91 Å². The summed E-state index contributed by atoms with van der Waals surface area (Å²) >= 11 is 1.59. The molecule has 6 heteroatoms. The van der Waals surface area contributed by atoms with Crippen molar-refractivity contribution in [1.82, 2.24) is 10.2 Å². The molecule has 25 heavy (non-hydrogen) atoms. The summed E-state index contributed by atoms with van der Waals surface area (Å²) in [6, 6.07) is 0. The molecule has 0 radical (unpaired) electrons. The quantitative estimate of drug-likeness (QED) is 0.743. The highest BCUT2D eigenvalue weighted by molar-refractivity contribution is 7.17. The molecular formula is C19H31N3O2S. The molecule has 0 saturated heterocycles. The van der Waals surface area contributed by atoms with E-state index in [-0.39, 0.29) is 17.7 Å². The van der Waals surface area contributed by atoms with Crippen molar-refractivity contribution in [2.24, 2.45) is 5.92 Å². The van der Waals surface area contributed by atoms with Gasteiger partial charge in [0.1, 0.15) is 5.00 Å². The molecule has 0 aliphatic heterocycles. The number of nitrogens with one attached hydrogen (secondary N) is 2. The Morgan fingerprint density at radius 3 is 2.48 bits per heavy atom. The number of thiophene rings is 1. The number of aryl methyl sites for hydroxylation is 1. The van der Waals surface area contributed by atoms with Crippen LogP contribution >= 0.6 is 11.3 Å². The summed E-state index contributed by atoms with van der Waals surface area (Å²) in [7, 11) is 3.97. The van der Waals surface area contributed by atoms with Crippen molar-refractivity contribution in [1.29, 1.82) is 0 Å². The van der Waals surface area contributed by atoms with E-state index in [9.17, 15) is 9.59 Å². The average Bonchev–Trinajstić information content (AvgIpc) is 2.93. The number of rotatable bonds is 8. The second kappa shape index (κ2) is 9.34. The first kappa shape index (κ1) is 19.9. The molecule has 1 aromatic rings. The summed E-state index contributed by atoms with van der Waals surface area (Å²) < 4.78 is 0. The molecule has 0 atom stereocenters. The van der Waals surface area contributed by atoms with Crippen molar-refractivity contribution in [3.8, 4) is 0 Å². The van der Waals surface area contributed by atoms with Gasteiger partial charge < -0.3 is 15.5 Å². The van der Waals surface area contributed by atoms with Gasteiger partial charge in [-0.2, -0.15) is 0 Å². The van der Waals surface area contributed by atoms with E-state index in [1.54, 1.807) is 11.3 Å². The highest BCUT2D eigenvalue weighted by Gasteiger charge is 2.27. The number of nitrogens with zero attached hydrogens (tertiary/aromatic N) is 1.